The molecule has 1 amide bonds. The molecule has 4 aromatic rings. The van der Waals surface area contributed by atoms with Crippen molar-refractivity contribution in [1.29, 1.82) is 0 Å². The number of benzene rings is 2. The highest BCUT2D eigenvalue weighted by Gasteiger charge is 2.24. The fraction of sp³-hybridized carbons (Fsp3) is 0.444. The number of carbonyl (C=O) groups is 2. The molecule has 17 nitrogen and oxygen atoms in total. The average molecular weight is 735 g/mol. The van der Waals surface area contributed by atoms with E-state index in [4.69, 9.17) is 38.9 Å². The smallest absolute Gasteiger partial charge is 0.495 e. The summed E-state index contributed by atoms with van der Waals surface area (Å²) >= 11 is 0. The molecule has 0 bridgehead atoms. The summed E-state index contributed by atoms with van der Waals surface area (Å²) < 4.78 is 39.3. The number of nitrogens with two attached hydrogens (primary N) is 1. The molecule has 0 spiro atoms. The lowest BCUT2D eigenvalue weighted by atomic mass is 10.0. The third-order valence-electron chi connectivity index (χ3n) is 9.09. The van der Waals surface area contributed by atoms with Gasteiger partial charge in [0.15, 0.2) is 0 Å². The number of hydrogen-bond donors (Lipinski definition) is 2. The Kier molecular flexibility index (Phi) is 12.5. The van der Waals surface area contributed by atoms with Crippen molar-refractivity contribution >= 4 is 40.5 Å². The van der Waals surface area contributed by atoms with Gasteiger partial charge in [-0.3, -0.25) is 15.4 Å². The van der Waals surface area contributed by atoms with Crippen LogP contribution in [0.15, 0.2) is 55.0 Å². The average Bonchev–Trinajstić information content (AvgIpc) is 3.57. The minimum Gasteiger partial charge on any atom is -0.495 e. The largest absolute Gasteiger partial charge is 0.514 e. The molecule has 53 heavy (non-hydrogen) atoms. The van der Waals surface area contributed by atoms with Gasteiger partial charge in [0.05, 0.1) is 49.5 Å². The second-order valence-electron chi connectivity index (χ2n) is 12.5. The number of nitrogens with zero attached hydrogens (tertiary/aromatic N) is 4. The van der Waals surface area contributed by atoms with E-state index < -0.39 is 17.2 Å². The molecule has 282 valence electrons. The lowest BCUT2D eigenvalue weighted by Crippen LogP contribution is -2.28. The summed E-state index contributed by atoms with van der Waals surface area (Å²) in [4.78, 5) is 42.6. The molecule has 2 aromatic carbocycles. The second-order valence-corrected chi connectivity index (χ2v) is 12.5. The van der Waals surface area contributed by atoms with E-state index in [9.17, 15) is 19.7 Å². The van der Waals surface area contributed by atoms with E-state index in [1.54, 1.807) is 13.2 Å². The van der Waals surface area contributed by atoms with E-state index in [0.29, 0.717) is 69.4 Å². The Labute approximate surface area is 304 Å². The number of methoxy groups -OCH3 is 1. The minimum absolute atomic E-state index is 0.0647. The van der Waals surface area contributed by atoms with Gasteiger partial charge in [-0.15, -0.1) is 0 Å². The predicted octanol–water partition coefficient (Wildman–Crippen LogP) is 6.06. The minimum atomic E-state index is -0.805. The van der Waals surface area contributed by atoms with Crippen molar-refractivity contribution in [2.24, 2.45) is 0 Å². The maximum absolute atomic E-state index is 12.4. The van der Waals surface area contributed by atoms with Crippen molar-refractivity contribution < 1.29 is 47.7 Å². The van der Waals surface area contributed by atoms with Gasteiger partial charge in [-0.05, 0) is 42.7 Å². The maximum Gasteiger partial charge on any atom is 0.514 e. The molecule has 7 rings (SSSR count). The molecule has 0 aliphatic carbocycles. The van der Waals surface area contributed by atoms with Crippen molar-refractivity contribution in [3.63, 3.8) is 0 Å². The molecule has 2 aromatic heterocycles. The van der Waals surface area contributed by atoms with Crippen molar-refractivity contribution in [2.75, 3.05) is 57.8 Å². The lowest BCUT2D eigenvalue weighted by molar-refractivity contribution is -0.384. The van der Waals surface area contributed by atoms with Gasteiger partial charge in [-0.25, -0.2) is 19.6 Å². The van der Waals surface area contributed by atoms with Crippen LogP contribution in [-0.2, 0) is 23.7 Å². The Morgan fingerprint density at radius 1 is 0.887 bits per heavy atom. The number of amides is 1. The molecule has 0 saturated carbocycles. The van der Waals surface area contributed by atoms with Gasteiger partial charge in [0.25, 0.3) is 5.69 Å². The predicted molar refractivity (Wildman–Crippen MR) is 191 cm³/mol. The van der Waals surface area contributed by atoms with E-state index >= 15 is 0 Å². The molecule has 3 aliphatic heterocycles. The highest BCUT2D eigenvalue weighted by atomic mass is 16.7. The summed E-state index contributed by atoms with van der Waals surface area (Å²) in [6.45, 7) is 3.77. The summed E-state index contributed by atoms with van der Waals surface area (Å²) in [6, 6.07) is 11.1. The van der Waals surface area contributed by atoms with Crippen LogP contribution in [-0.4, -0.2) is 90.7 Å². The number of rotatable bonds is 8. The molecule has 3 saturated heterocycles. The van der Waals surface area contributed by atoms with Crippen LogP contribution in [0.4, 0.5) is 26.8 Å². The summed E-state index contributed by atoms with van der Waals surface area (Å²) in [5.41, 5.74) is 9.35. The summed E-state index contributed by atoms with van der Waals surface area (Å²) in [5.74, 6) is 1.15. The molecule has 3 fully saturated rings. The fourth-order valence-electron chi connectivity index (χ4n) is 6.30. The fourth-order valence-corrected chi connectivity index (χ4v) is 6.30. The van der Waals surface area contributed by atoms with Gasteiger partial charge in [-0.1, -0.05) is 6.07 Å². The van der Waals surface area contributed by atoms with Gasteiger partial charge in [0.2, 0.25) is 0 Å². The molecule has 3 N–H and O–H groups in total. The summed E-state index contributed by atoms with van der Waals surface area (Å²) in [5, 5.41) is 14.1. The van der Waals surface area contributed by atoms with Crippen LogP contribution in [0.25, 0.3) is 22.2 Å². The standard InChI is InChI=1S/C24H29N5O5.C12H13NO6/c1-31-20-12-15(2-3-19(20)28-24(30)34-17-6-10-33-11-7-17)18-13-29(16-4-8-32-9-5-16)23-21(18)22(25)26-14-27-23;14-12(19-11-5-7-17-8-6-11)18-10-3-1-9(2-4-10)13(15)16/h2-3,12-14,16-17H,4-11H2,1H3,(H,28,30)(H2,25,26,27);1-4,11H,5-8H2. The van der Waals surface area contributed by atoms with Crippen LogP contribution in [0.1, 0.15) is 44.6 Å². The SMILES string of the molecule is COc1cc(-c2cn(C3CCOCC3)c3ncnc(N)c23)ccc1NC(=O)OC1CCOCC1.O=C(Oc1ccc([N+](=O)[O-])cc1)OC1CCOCC1. The Balaban J connectivity index is 0.000000214. The Bertz CT molecular complexity index is 1870. The third-order valence-corrected chi connectivity index (χ3v) is 9.09. The Hall–Kier alpha value is -5.52. The highest BCUT2D eigenvalue weighted by molar-refractivity contribution is 6.01. The number of ether oxygens (including phenoxy) is 7. The lowest BCUT2D eigenvalue weighted by Gasteiger charge is -2.24. The van der Waals surface area contributed by atoms with Crippen molar-refractivity contribution in [3.05, 3.63) is 65.1 Å². The number of anilines is 2. The van der Waals surface area contributed by atoms with Gasteiger partial charge < -0.3 is 43.5 Å². The summed E-state index contributed by atoms with van der Waals surface area (Å²) in [7, 11) is 1.57. The first kappa shape index (κ1) is 37.2. The van der Waals surface area contributed by atoms with Crippen LogP contribution in [0.3, 0.4) is 0 Å². The molecule has 5 heterocycles. The second kappa shape index (κ2) is 17.8. The van der Waals surface area contributed by atoms with Gasteiger partial charge in [-0.2, -0.15) is 0 Å². The zero-order chi connectivity index (χ0) is 37.2. The summed E-state index contributed by atoms with van der Waals surface area (Å²) in [6.07, 6.45) is 6.44. The van der Waals surface area contributed by atoms with E-state index in [-0.39, 0.29) is 29.7 Å². The van der Waals surface area contributed by atoms with Crippen molar-refractivity contribution in [2.45, 2.75) is 56.8 Å². The van der Waals surface area contributed by atoms with E-state index in [0.717, 1.165) is 48.2 Å². The highest BCUT2D eigenvalue weighted by Crippen LogP contribution is 2.39. The number of aromatic nitrogens is 3. The number of nitro benzene ring substituents is 1. The van der Waals surface area contributed by atoms with Crippen molar-refractivity contribution in [3.8, 4) is 22.6 Å². The first-order chi connectivity index (χ1) is 25.8. The van der Waals surface area contributed by atoms with Crippen LogP contribution < -0.4 is 20.5 Å². The number of carbonyl (C=O) groups excluding carboxylic acids is 2. The molecule has 0 unspecified atom stereocenters. The zero-order valence-electron chi connectivity index (χ0n) is 29.3. The van der Waals surface area contributed by atoms with Crippen LogP contribution >= 0.6 is 0 Å². The first-order valence-electron chi connectivity index (χ1n) is 17.4. The maximum atomic E-state index is 12.4. The van der Waals surface area contributed by atoms with Crippen LogP contribution in [0.5, 0.6) is 11.5 Å². The van der Waals surface area contributed by atoms with E-state index in [1.807, 2.05) is 12.1 Å². The number of nitrogens with one attached hydrogen (secondary N) is 1. The van der Waals surface area contributed by atoms with Crippen LogP contribution in [0.2, 0.25) is 0 Å². The Morgan fingerprint density at radius 2 is 1.51 bits per heavy atom. The number of hydrogen-bond acceptors (Lipinski definition) is 14. The first-order valence-corrected chi connectivity index (χ1v) is 17.4. The zero-order valence-corrected chi connectivity index (χ0v) is 29.3. The molecule has 17 heteroatoms. The number of non-ortho nitro benzene ring substituents is 1. The molecule has 0 atom stereocenters. The van der Waals surface area contributed by atoms with E-state index in [2.05, 4.69) is 26.0 Å². The Morgan fingerprint density at radius 3 is 2.13 bits per heavy atom. The van der Waals surface area contributed by atoms with Gasteiger partial charge in [0.1, 0.15) is 41.5 Å². The quantitative estimate of drug-likeness (QED) is 0.0913. The molecular weight excluding hydrogens is 692 g/mol. The normalized spacial score (nSPS) is 16.9. The molecule has 3 aliphatic rings. The van der Waals surface area contributed by atoms with Crippen molar-refractivity contribution in [1.82, 2.24) is 14.5 Å². The van der Waals surface area contributed by atoms with Gasteiger partial charge in [0, 0.05) is 68.8 Å². The third kappa shape index (κ3) is 9.68. The number of nitro groups is 1. The van der Waals surface area contributed by atoms with E-state index in [1.165, 1.54) is 30.6 Å². The molecule has 0 radical (unpaired) electrons. The van der Waals surface area contributed by atoms with Gasteiger partial charge >= 0.3 is 12.2 Å². The van der Waals surface area contributed by atoms with Crippen LogP contribution in [0, 0.1) is 10.1 Å². The number of nitrogen functional groups attached to an aromatic ring is 1. The monoisotopic (exact) mass is 734 g/mol. The molecular formula is C36H42N6O11. The topological polar surface area (TPSA) is 211 Å². The number of fused-ring (bicyclic) bond motifs is 1.